The van der Waals surface area contributed by atoms with Crippen LogP contribution in [0.15, 0.2) is 64.9 Å². The number of hydrogen-bond acceptors (Lipinski definition) is 10. The molecule has 1 aliphatic heterocycles. The molecule has 2 N–H and O–H groups in total. The Morgan fingerprint density at radius 1 is 1.09 bits per heavy atom. The molecule has 4 aromatic rings. The molecule has 0 fully saturated rings. The van der Waals surface area contributed by atoms with Crippen molar-refractivity contribution in [2.75, 3.05) is 24.5 Å². The fourth-order valence-electron chi connectivity index (χ4n) is 4.99. The number of rotatable bonds is 9. The average molecular weight is 651 g/mol. The number of anilines is 1. The lowest BCUT2D eigenvalue weighted by Gasteiger charge is -2.26. The molecule has 0 atom stereocenters. The Balaban J connectivity index is 1.75. The van der Waals surface area contributed by atoms with Crippen molar-refractivity contribution < 1.29 is 37.6 Å². The molecule has 5 rings (SSSR count). The zero-order valence-corrected chi connectivity index (χ0v) is 25.6. The third-order valence-electron chi connectivity index (χ3n) is 7.18. The number of amides is 1. The number of nitro groups is 1. The Hall–Kier alpha value is -5.15. The summed E-state index contributed by atoms with van der Waals surface area (Å²) in [5.41, 5.74) is 0.321. The molecular weight excluding hydrogens is 624 g/mol. The molecule has 2 aromatic carbocycles. The van der Waals surface area contributed by atoms with Crippen molar-refractivity contribution in [3.05, 3.63) is 92.6 Å². The number of methoxy groups -OCH3 is 1. The molecule has 0 radical (unpaired) electrons. The topological polar surface area (TPSA) is 186 Å². The van der Waals surface area contributed by atoms with Gasteiger partial charge in [-0.15, -0.1) is 11.3 Å². The minimum absolute atomic E-state index is 0.0115. The van der Waals surface area contributed by atoms with Crippen LogP contribution in [0.5, 0.6) is 0 Å². The summed E-state index contributed by atoms with van der Waals surface area (Å²) in [6, 6.07) is 11.7. The van der Waals surface area contributed by atoms with E-state index in [1.165, 1.54) is 35.6 Å². The Bertz CT molecular complexity index is 1950. The van der Waals surface area contributed by atoms with Gasteiger partial charge in [0.2, 0.25) is 0 Å². The van der Waals surface area contributed by atoms with E-state index in [9.17, 15) is 38.0 Å². The van der Waals surface area contributed by atoms with Gasteiger partial charge >= 0.3 is 11.9 Å². The number of sulfonamides is 1. The first-order valence-corrected chi connectivity index (χ1v) is 15.9. The van der Waals surface area contributed by atoms with Crippen molar-refractivity contribution in [3.8, 4) is 21.6 Å². The first-order chi connectivity index (χ1) is 21.5. The molecule has 0 aliphatic carbocycles. The third kappa shape index (κ3) is 5.86. The van der Waals surface area contributed by atoms with Crippen LogP contribution in [-0.2, 0) is 21.2 Å². The number of carbonyl (C=O) groups is 3. The second kappa shape index (κ2) is 12.5. The van der Waals surface area contributed by atoms with Crippen LogP contribution >= 0.6 is 11.3 Å². The van der Waals surface area contributed by atoms with Crippen LogP contribution in [0.4, 0.5) is 11.4 Å². The summed E-state index contributed by atoms with van der Waals surface area (Å²) in [5.74, 6) is -2.82. The lowest BCUT2D eigenvalue weighted by atomic mass is 9.93. The minimum Gasteiger partial charge on any atom is -0.478 e. The molecule has 45 heavy (non-hydrogen) atoms. The molecular formula is C30H26N4O9S2. The lowest BCUT2D eigenvalue weighted by molar-refractivity contribution is -0.384. The molecule has 15 heteroatoms. The largest absolute Gasteiger partial charge is 0.478 e. The summed E-state index contributed by atoms with van der Waals surface area (Å²) in [7, 11) is -3.20. The van der Waals surface area contributed by atoms with Crippen molar-refractivity contribution in [3.63, 3.8) is 0 Å². The standard InChI is InChI=1S/C30H26N4O9S2/c1-3-12-31-28(35)24-9-8-20(26(32-24)30(38)43-2)21-16-25-23(15-22(21)29(36)37)27-17(11-14-44-27)10-13-33(25)45(41,42)19-6-4-18(5-7-19)34(39)40/h4-9,11,14-16H,3,10,12-13H2,1-2H3,(H,31,35)(H,36,37). The number of fused-ring (bicyclic) bond motifs is 3. The lowest BCUT2D eigenvalue weighted by Crippen LogP contribution is -2.32. The summed E-state index contributed by atoms with van der Waals surface area (Å²) in [4.78, 5) is 53.4. The summed E-state index contributed by atoms with van der Waals surface area (Å²) in [6.07, 6.45) is 0.962. The smallest absolute Gasteiger partial charge is 0.357 e. The molecule has 232 valence electrons. The minimum atomic E-state index is -4.32. The Kier molecular flexibility index (Phi) is 8.66. The first-order valence-electron chi connectivity index (χ1n) is 13.6. The van der Waals surface area contributed by atoms with Gasteiger partial charge in [-0.05, 0) is 66.2 Å². The van der Waals surface area contributed by atoms with Crippen LogP contribution < -0.4 is 9.62 Å². The van der Waals surface area contributed by atoms with Crippen molar-refractivity contribution in [2.24, 2.45) is 0 Å². The number of nitrogens with one attached hydrogen (secondary N) is 1. The highest BCUT2D eigenvalue weighted by molar-refractivity contribution is 7.92. The first kappa shape index (κ1) is 31.3. The number of aromatic nitrogens is 1. The molecule has 1 aliphatic rings. The molecule has 0 saturated carbocycles. The van der Waals surface area contributed by atoms with Crippen molar-refractivity contribution >= 4 is 50.6 Å². The highest BCUT2D eigenvalue weighted by Gasteiger charge is 2.33. The molecule has 3 heterocycles. The van der Waals surface area contributed by atoms with Gasteiger partial charge in [0.1, 0.15) is 5.69 Å². The van der Waals surface area contributed by atoms with E-state index in [4.69, 9.17) is 4.74 Å². The maximum absolute atomic E-state index is 14.1. The predicted molar refractivity (Wildman–Crippen MR) is 165 cm³/mol. The van der Waals surface area contributed by atoms with Crippen LogP contribution in [0.25, 0.3) is 21.6 Å². The monoisotopic (exact) mass is 650 g/mol. The Morgan fingerprint density at radius 2 is 1.82 bits per heavy atom. The molecule has 2 aromatic heterocycles. The Labute approximate surface area is 261 Å². The van der Waals surface area contributed by atoms with Gasteiger partial charge in [0.15, 0.2) is 5.69 Å². The van der Waals surface area contributed by atoms with Crippen LogP contribution in [0.2, 0.25) is 0 Å². The number of carboxylic acid groups (broad SMARTS) is 1. The average Bonchev–Trinajstić information content (AvgIpc) is 3.44. The SMILES string of the molecule is CCCNC(=O)c1ccc(-c2cc3c(cc2C(=O)O)-c2sccc2CCN3S(=O)(=O)c2ccc([N+](=O)[O-])cc2)c(C(=O)OC)n1. The summed E-state index contributed by atoms with van der Waals surface area (Å²) < 4.78 is 34.2. The number of hydrogen-bond donors (Lipinski definition) is 2. The van der Waals surface area contributed by atoms with Crippen LogP contribution in [0.1, 0.15) is 50.2 Å². The van der Waals surface area contributed by atoms with Gasteiger partial charge in [0.05, 0.1) is 28.2 Å². The van der Waals surface area contributed by atoms with E-state index in [2.05, 4.69) is 10.3 Å². The van der Waals surface area contributed by atoms with Crippen LogP contribution in [-0.4, -0.2) is 61.5 Å². The normalized spacial score (nSPS) is 12.4. The number of nitro benzene ring substituents is 1. The van der Waals surface area contributed by atoms with Crippen LogP contribution in [0.3, 0.4) is 0 Å². The summed E-state index contributed by atoms with van der Waals surface area (Å²) >= 11 is 1.32. The molecule has 0 spiro atoms. The highest BCUT2D eigenvalue weighted by Crippen LogP contribution is 2.45. The van der Waals surface area contributed by atoms with Gasteiger partial charge in [-0.2, -0.15) is 0 Å². The van der Waals surface area contributed by atoms with E-state index in [1.54, 1.807) is 0 Å². The van der Waals surface area contributed by atoms with E-state index in [-0.39, 0.29) is 50.9 Å². The molecule has 1 amide bonds. The maximum Gasteiger partial charge on any atom is 0.357 e. The fourth-order valence-corrected chi connectivity index (χ4v) is 7.45. The number of ether oxygens (including phenoxy) is 1. The van der Waals surface area contributed by atoms with Gasteiger partial charge in [-0.1, -0.05) is 6.92 Å². The van der Waals surface area contributed by atoms with Gasteiger partial charge < -0.3 is 15.2 Å². The number of non-ortho nitro benzene ring substituents is 1. The van der Waals surface area contributed by atoms with Gasteiger partial charge in [-0.25, -0.2) is 23.0 Å². The third-order valence-corrected chi connectivity index (χ3v) is 10.00. The van der Waals surface area contributed by atoms with E-state index in [0.717, 1.165) is 41.2 Å². The Morgan fingerprint density at radius 3 is 2.47 bits per heavy atom. The molecule has 13 nitrogen and oxygen atoms in total. The maximum atomic E-state index is 14.1. The second-order valence-corrected chi connectivity index (χ2v) is 12.7. The molecule has 0 bridgehead atoms. The number of carboxylic acids is 1. The second-order valence-electron chi connectivity index (χ2n) is 9.91. The van der Waals surface area contributed by atoms with Crippen molar-refractivity contribution in [2.45, 2.75) is 24.7 Å². The highest BCUT2D eigenvalue weighted by atomic mass is 32.2. The molecule has 0 unspecified atom stereocenters. The quantitative estimate of drug-likeness (QED) is 0.145. The van der Waals surface area contributed by atoms with E-state index < -0.39 is 32.8 Å². The number of pyridine rings is 1. The zero-order chi connectivity index (χ0) is 32.5. The number of benzene rings is 2. The van der Waals surface area contributed by atoms with Gasteiger partial charge in [-0.3, -0.25) is 19.2 Å². The van der Waals surface area contributed by atoms with E-state index >= 15 is 0 Å². The number of esters is 1. The zero-order valence-electron chi connectivity index (χ0n) is 24.0. The molecule has 0 saturated heterocycles. The number of carbonyl (C=O) groups excluding carboxylic acids is 2. The van der Waals surface area contributed by atoms with Crippen LogP contribution in [0, 0.1) is 10.1 Å². The number of aromatic carboxylic acids is 1. The van der Waals surface area contributed by atoms with Gasteiger partial charge in [0, 0.05) is 46.8 Å². The number of thiophene rings is 1. The van der Waals surface area contributed by atoms with Crippen molar-refractivity contribution in [1.82, 2.24) is 10.3 Å². The van der Waals surface area contributed by atoms with E-state index in [0.29, 0.717) is 29.8 Å². The van der Waals surface area contributed by atoms with Crippen molar-refractivity contribution in [1.29, 1.82) is 0 Å². The van der Waals surface area contributed by atoms with Gasteiger partial charge in [0.25, 0.3) is 21.6 Å². The number of nitrogens with zero attached hydrogens (tertiary/aromatic N) is 3. The predicted octanol–water partition coefficient (Wildman–Crippen LogP) is 4.76. The summed E-state index contributed by atoms with van der Waals surface area (Å²) in [5, 5.41) is 26.0. The summed E-state index contributed by atoms with van der Waals surface area (Å²) in [6.45, 7) is 2.21. The van der Waals surface area contributed by atoms with E-state index in [1.807, 2.05) is 18.4 Å². The fraction of sp³-hybridized carbons (Fsp3) is 0.200.